The first-order chi connectivity index (χ1) is 73.0. The van der Waals surface area contributed by atoms with E-state index >= 15 is 0 Å². The summed E-state index contributed by atoms with van der Waals surface area (Å²) < 4.78 is 6.10. The number of likely N-dealkylation sites (N-methyl/N-ethyl adjacent to an activating group) is 2. The second-order valence-electron chi connectivity index (χ2n) is 37.1. The van der Waals surface area contributed by atoms with Crippen LogP contribution in [0.2, 0.25) is 18.6 Å². The van der Waals surface area contributed by atoms with Gasteiger partial charge in [0.2, 0.25) is 17.1 Å². The number of halogens is 1. The Morgan fingerprint density at radius 1 is 0.302 bits per heavy atom. The number of hydrogen-bond acceptors (Lipinski definition) is 10. The maximum atomic E-state index is 13.2. The molecular formula is C130H133ClN10O2P4PdSn. The van der Waals surface area contributed by atoms with Crippen molar-refractivity contribution in [1.29, 1.82) is 0 Å². The van der Waals surface area contributed by atoms with Gasteiger partial charge in [0, 0.05) is 82.0 Å². The second kappa shape index (κ2) is 58.7. The number of aromatic nitrogens is 6. The average molecular weight is 2250 g/mol. The molecule has 0 N–H and O–H groups in total. The Labute approximate surface area is 911 Å². The monoisotopic (exact) mass is 2250 g/mol. The minimum Gasteiger partial charge on any atom is -0.347 e. The molecule has 756 valence electrons. The molecule has 4 aliphatic rings. The van der Waals surface area contributed by atoms with Gasteiger partial charge in [0.05, 0.1) is 5.69 Å². The van der Waals surface area contributed by atoms with Crippen molar-refractivity contribution in [2.75, 3.05) is 46.8 Å². The average Bonchev–Trinajstić information content (AvgIpc) is 1.64. The van der Waals surface area contributed by atoms with Gasteiger partial charge in [0.25, 0.3) is 0 Å². The van der Waals surface area contributed by atoms with Gasteiger partial charge in [-0.15, -0.1) is 0 Å². The molecule has 0 radical (unpaired) electrons. The van der Waals surface area contributed by atoms with Crippen LogP contribution in [0.4, 0.5) is 23.0 Å². The maximum Gasteiger partial charge on any atom is 0.249 e. The van der Waals surface area contributed by atoms with Crippen molar-refractivity contribution < 1.29 is 30.0 Å². The van der Waals surface area contributed by atoms with Crippen LogP contribution in [0.1, 0.15) is 107 Å². The van der Waals surface area contributed by atoms with E-state index in [-0.39, 0.29) is 49.6 Å². The van der Waals surface area contributed by atoms with Crippen LogP contribution >= 0.6 is 43.3 Å². The van der Waals surface area contributed by atoms with Crippen molar-refractivity contribution in [3.63, 3.8) is 0 Å². The predicted octanol–water partition coefficient (Wildman–Crippen LogP) is 25.0. The van der Waals surface area contributed by atoms with E-state index in [0.717, 1.165) is 110 Å². The normalized spacial score (nSPS) is 13.6. The molecule has 2 saturated heterocycles. The second-order valence-corrected chi connectivity index (χ2v) is 59.4. The summed E-state index contributed by atoms with van der Waals surface area (Å²) in [6.07, 6.45) is 19.5. The molecule has 2 aliphatic carbocycles. The zero-order valence-corrected chi connectivity index (χ0v) is 94.6. The summed E-state index contributed by atoms with van der Waals surface area (Å²) in [7, 11) is 2.14. The van der Waals surface area contributed by atoms with E-state index in [1.54, 1.807) is 9.91 Å². The summed E-state index contributed by atoms with van der Waals surface area (Å²) in [4.78, 5) is 61.5. The van der Waals surface area contributed by atoms with Crippen LogP contribution in [0.5, 0.6) is 0 Å². The minimum absolute atomic E-state index is 0. The largest absolute Gasteiger partial charge is 0.347 e. The molecule has 2 amide bonds. The van der Waals surface area contributed by atoms with Crippen LogP contribution in [0, 0.1) is 0 Å². The first kappa shape index (κ1) is 111. The molecule has 2 fully saturated rings. The molecule has 12 nitrogen and oxygen atoms in total. The van der Waals surface area contributed by atoms with E-state index in [2.05, 4.69) is 423 Å². The fourth-order valence-electron chi connectivity index (χ4n) is 19.8. The van der Waals surface area contributed by atoms with Gasteiger partial charge in [0.1, 0.15) is 29.4 Å². The fourth-order valence-corrected chi connectivity index (χ4v) is 44.6. The molecule has 0 unspecified atom stereocenters. The van der Waals surface area contributed by atoms with Gasteiger partial charge in [-0.3, -0.25) is 14.6 Å². The van der Waals surface area contributed by atoms with Gasteiger partial charge in [-0.1, -0.05) is 406 Å². The number of benzene rings is 14. The number of rotatable bonds is 29. The van der Waals surface area contributed by atoms with Crippen LogP contribution in [0.25, 0.3) is 11.5 Å². The van der Waals surface area contributed by atoms with Crippen LogP contribution < -0.4 is 87.0 Å². The first-order valence-corrected chi connectivity index (χ1v) is 65.5. The minimum atomic E-state index is -2.21. The van der Waals surface area contributed by atoms with Crippen molar-refractivity contribution in [2.24, 2.45) is 0 Å². The molecule has 14 aromatic carbocycles. The summed E-state index contributed by atoms with van der Waals surface area (Å²) in [5.74, 6) is 2.57. The number of pyridine rings is 2. The van der Waals surface area contributed by atoms with Crippen LogP contribution in [-0.4, -0.2) is 99.4 Å². The van der Waals surface area contributed by atoms with Crippen molar-refractivity contribution in [1.82, 2.24) is 29.9 Å². The predicted molar refractivity (Wildman–Crippen MR) is 637 cm³/mol. The van der Waals surface area contributed by atoms with E-state index in [1.165, 1.54) is 121 Å². The molecule has 22 rings (SSSR count). The smallest absolute Gasteiger partial charge is 0.249 e. The number of unbranched alkanes of at least 4 members (excludes halogenated alkanes) is 3. The number of para-hydroxylation sites is 2. The molecule has 6 heterocycles. The Balaban J connectivity index is 0.000000131. The third kappa shape index (κ3) is 30.3. The van der Waals surface area contributed by atoms with Gasteiger partial charge in [-0.25, -0.2) is 19.9 Å². The van der Waals surface area contributed by atoms with Gasteiger partial charge >= 0.3 is 124 Å². The Bertz CT molecular complexity index is 6110. The standard InChI is InChI=1S/C23H23N5O.C18H19ClN4O.4C18H15P.C5H4N.3C4H9.Pd.Sn/c1-27(20-13-15-28(23(20)29)16-8-3-2-4-9-16)22-17-10-7-12-18(17)25-21(26-22)19-11-5-6-14-24-19;1-22(16-13-8-5-9-14(13)20-18(19)21-16)15-10-11-23(17(15)24)12-6-3-2-4-7-12;4*1-4-10-16(11-5-1)19(17-12-6-2-7-13-17)18-14-8-3-9-15-18;1-2-4-6-5-3-1;3*1-3-4-2;;/h2-6,8-9,11,14,20H,7,10,12-13,15H2,1H3;2-4,6-7,15H,5,8-11H2,1H3;4*1-15H;1-4H;3*1,3-4H2,2H3;;/t20-;15-;;;;;;;;;;/m11........../s1. The Morgan fingerprint density at radius 2 is 0.550 bits per heavy atom. The van der Waals surface area contributed by atoms with Crippen LogP contribution in [0.3, 0.4) is 0 Å². The van der Waals surface area contributed by atoms with E-state index in [9.17, 15) is 9.59 Å². The molecule has 4 aromatic heterocycles. The van der Waals surface area contributed by atoms with Crippen LogP contribution in [0.15, 0.2) is 473 Å². The third-order valence-electron chi connectivity index (χ3n) is 27.2. The molecule has 2 atom stereocenters. The zero-order chi connectivity index (χ0) is 102. The van der Waals surface area contributed by atoms with Gasteiger partial charge < -0.3 is 19.6 Å². The van der Waals surface area contributed by atoms with E-state index in [0.29, 0.717) is 5.82 Å². The molecule has 0 saturated carbocycles. The van der Waals surface area contributed by atoms with E-state index < -0.39 is 50.1 Å². The molecule has 18 aromatic rings. The number of nitrogens with zero attached hydrogens (tertiary/aromatic N) is 10. The Hall–Kier alpha value is -12.4. The number of aryl methyl sites for hydroxylation is 2. The van der Waals surface area contributed by atoms with Crippen molar-refractivity contribution in [3.8, 4) is 11.5 Å². The molecule has 19 heteroatoms. The molecule has 0 bridgehead atoms. The fraction of sp³-hybridized carbons (Fsp3) is 0.200. The summed E-state index contributed by atoms with van der Waals surface area (Å²) >= 11 is 3.89. The molecule has 2 aliphatic heterocycles. The van der Waals surface area contributed by atoms with Crippen LogP contribution in [-0.2, 0) is 55.7 Å². The molecular weight excluding hydrogens is 2120 g/mol. The first-order valence-electron chi connectivity index (χ1n) is 52.2. The Morgan fingerprint density at radius 3 is 0.805 bits per heavy atom. The van der Waals surface area contributed by atoms with Gasteiger partial charge in [0.15, 0.2) is 5.82 Å². The zero-order valence-electron chi connectivity index (χ0n) is 85.9. The number of anilines is 4. The maximum absolute atomic E-state index is 13.2. The van der Waals surface area contributed by atoms with E-state index in [4.69, 9.17) is 26.6 Å². The summed E-state index contributed by atoms with van der Waals surface area (Å²) in [5.41, 5.74) is 7.11. The number of carbonyl (C=O) groups excluding carboxylic acids is 2. The molecule has 149 heavy (non-hydrogen) atoms. The summed E-state index contributed by atoms with van der Waals surface area (Å²) in [6, 6.07) is 161. The van der Waals surface area contributed by atoms with Gasteiger partial charge in [-0.05, 0) is 195 Å². The van der Waals surface area contributed by atoms with Crippen molar-refractivity contribution in [2.45, 2.75) is 136 Å². The number of amides is 2. The molecule has 0 spiro atoms. The summed E-state index contributed by atoms with van der Waals surface area (Å²) in [6.45, 7) is 8.43. The van der Waals surface area contributed by atoms with Gasteiger partial charge in [-0.2, -0.15) is 0 Å². The van der Waals surface area contributed by atoms with E-state index in [1.807, 2.05) is 114 Å². The van der Waals surface area contributed by atoms with Crippen molar-refractivity contribution in [3.05, 3.63) is 501 Å². The number of fused-ring (bicyclic) bond motifs is 2. The van der Waals surface area contributed by atoms with Crippen molar-refractivity contribution >= 4 is 164 Å². The topological polar surface area (TPSA) is 124 Å². The number of carbonyl (C=O) groups is 2. The Kier molecular flexibility index (Phi) is 43.6. The quantitative estimate of drug-likeness (QED) is 0.0254. The number of hydrogen-bond donors (Lipinski definition) is 0. The third-order valence-corrected chi connectivity index (χ3v) is 52.3. The summed E-state index contributed by atoms with van der Waals surface area (Å²) in [5, 5.41) is 17.0. The SMILES string of the molecule is CCC[CH2][Sn]([CH2]CCC)([CH2]CCC)[c]1ccccn1.CN(c1nc(-c2ccccn2)nc2c1CCC2)[C@@H]1CCN(c2ccccc2)C1=O.CN(c1nc(Cl)nc2c1CCC2)[C@@H]1CCN(c2ccccc2)C1=O.[Pd].c1ccc(P(c2ccccc2)c2ccccc2)cc1.c1ccc(P(c2ccccc2)c2ccccc2)cc1.c1ccc(P(c2ccccc2)c2ccccc2)cc1.c1ccc(P(c2ccccc2)c2ccccc2)cc1.